The monoisotopic (exact) mass is 352 g/mol. The second-order valence-corrected chi connectivity index (χ2v) is 5.88. The first-order chi connectivity index (χ1) is 12.2. The lowest BCUT2D eigenvalue weighted by molar-refractivity contribution is 0.0954. The predicted molar refractivity (Wildman–Crippen MR) is 98.2 cm³/mol. The highest BCUT2D eigenvalue weighted by Crippen LogP contribution is 2.20. The molecule has 1 N–H and O–H groups in total. The summed E-state index contributed by atoms with van der Waals surface area (Å²) in [6.07, 6.45) is 4.08. The average molecular weight is 353 g/mol. The SMILES string of the molecule is O=C(NCCc1ccc(Cl)cc1)c1ccc(Oc2cccnc2)cc1. The lowest BCUT2D eigenvalue weighted by atomic mass is 10.1. The van der Waals surface area contributed by atoms with Gasteiger partial charge in [0.1, 0.15) is 11.5 Å². The smallest absolute Gasteiger partial charge is 0.251 e. The highest BCUT2D eigenvalue weighted by Gasteiger charge is 2.06. The van der Waals surface area contributed by atoms with Crippen molar-refractivity contribution in [3.8, 4) is 11.5 Å². The molecule has 5 heteroatoms. The highest BCUT2D eigenvalue weighted by molar-refractivity contribution is 6.30. The van der Waals surface area contributed by atoms with E-state index in [9.17, 15) is 4.79 Å². The fourth-order valence-corrected chi connectivity index (χ4v) is 2.42. The maximum Gasteiger partial charge on any atom is 0.251 e. The van der Waals surface area contributed by atoms with Gasteiger partial charge in [-0.1, -0.05) is 23.7 Å². The van der Waals surface area contributed by atoms with Crippen molar-refractivity contribution >= 4 is 17.5 Å². The molecule has 0 bridgehead atoms. The molecular weight excluding hydrogens is 336 g/mol. The van der Waals surface area contributed by atoms with Crippen molar-refractivity contribution in [1.29, 1.82) is 0 Å². The number of ether oxygens (including phenoxy) is 1. The first-order valence-corrected chi connectivity index (χ1v) is 8.29. The summed E-state index contributed by atoms with van der Waals surface area (Å²) in [7, 11) is 0. The molecule has 0 unspecified atom stereocenters. The predicted octanol–water partition coefficient (Wildman–Crippen LogP) is 4.50. The molecule has 0 aliphatic carbocycles. The van der Waals surface area contributed by atoms with Gasteiger partial charge in [0.15, 0.2) is 0 Å². The van der Waals surface area contributed by atoms with Crippen LogP contribution in [0.3, 0.4) is 0 Å². The van der Waals surface area contributed by atoms with Gasteiger partial charge in [0.05, 0.1) is 6.20 Å². The number of hydrogen-bond donors (Lipinski definition) is 1. The second-order valence-electron chi connectivity index (χ2n) is 5.45. The third-order valence-corrected chi connectivity index (χ3v) is 3.85. The van der Waals surface area contributed by atoms with Crippen molar-refractivity contribution in [2.24, 2.45) is 0 Å². The molecule has 25 heavy (non-hydrogen) atoms. The van der Waals surface area contributed by atoms with Crippen molar-refractivity contribution in [3.63, 3.8) is 0 Å². The molecule has 0 aliphatic heterocycles. The molecule has 0 saturated carbocycles. The van der Waals surface area contributed by atoms with Gasteiger partial charge >= 0.3 is 0 Å². The van der Waals surface area contributed by atoms with E-state index >= 15 is 0 Å². The molecule has 0 atom stereocenters. The first kappa shape index (κ1) is 17.0. The number of nitrogens with one attached hydrogen (secondary N) is 1. The largest absolute Gasteiger partial charge is 0.456 e. The molecule has 4 nitrogen and oxygen atoms in total. The number of carbonyl (C=O) groups excluding carboxylic acids is 1. The van der Waals surface area contributed by atoms with Gasteiger partial charge in [0.2, 0.25) is 0 Å². The van der Waals surface area contributed by atoms with Crippen LogP contribution in [0.1, 0.15) is 15.9 Å². The topological polar surface area (TPSA) is 51.2 Å². The summed E-state index contributed by atoms with van der Waals surface area (Å²) >= 11 is 5.86. The third-order valence-electron chi connectivity index (χ3n) is 3.60. The minimum atomic E-state index is -0.109. The van der Waals surface area contributed by atoms with Crippen molar-refractivity contribution in [2.45, 2.75) is 6.42 Å². The molecule has 0 fully saturated rings. The Morgan fingerprint density at radius 1 is 1.00 bits per heavy atom. The Morgan fingerprint density at radius 3 is 2.44 bits per heavy atom. The lowest BCUT2D eigenvalue weighted by Gasteiger charge is -2.08. The van der Waals surface area contributed by atoms with Crippen LogP contribution in [0.15, 0.2) is 73.1 Å². The molecule has 3 aromatic rings. The van der Waals surface area contributed by atoms with Crippen LogP contribution in [0.25, 0.3) is 0 Å². The van der Waals surface area contributed by atoms with Crippen molar-refractivity contribution in [2.75, 3.05) is 6.54 Å². The molecule has 3 rings (SSSR count). The van der Waals surface area contributed by atoms with E-state index in [-0.39, 0.29) is 5.91 Å². The van der Waals surface area contributed by atoms with E-state index in [1.165, 1.54) is 0 Å². The average Bonchev–Trinajstić information content (AvgIpc) is 2.65. The van der Waals surface area contributed by atoms with E-state index < -0.39 is 0 Å². The number of amides is 1. The van der Waals surface area contributed by atoms with Crippen molar-refractivity contribution in [3.05, 3.63) is 89.2 Å². The normalized spacial score (nSPS) is 10.3. The van der Waals surface area contributed by atoms with E-state index in [1.54, 1.807) is 42.7 Å². The van der Waals surface area contributed by atoms with Crippen LogP contribution in [-0.4, -0.2) is 17.4 Å². The van der Waals surface area contributed by atoms with Crippen molar-refractivity contribution in [1.82, 2.24) is 10.3 Å². The van der Waals surface area contributed by atoms with E-state index in [1.807, 2.05) is 30.3 Å². The van der Waals surface area contributed by atoms with Crippen LogP contribution < -0.4 is 10.1 Å². The summed E-state index contributed by atoms with van der Waals surface area (Å²) in [5.74, 6) is 1.20. The molecule has 0 saturated heterocycles. The van der Waals surface area contributed by atoms with Crippen LogP contribution in [0.5, 0.6) is 11.5 Å². The van der Waals surface area contributed by atoms with Crippen molar-refractivity contribution < 1.29 is 9.53 Å². The van der Waals surface area contributed by atoms with E-state index in [4.69, 9.17) is 16.3 Å². The molecular formula is C20H17ClN2O2. The fraction of sp³-hybridized carbons (Fsp3) is 0.100. The summed E-state index contributed by atoms with van der Waals surface area (Å²) in [6.45, 7) is 0.564. The zero-order valence-corrected chi connectivity index (χ0v) is 14.2. The molecule has 1 amide bonds. The molecule has 0 spiro atoms. The van der Waals surface area contributed by atoms with E-state index in [0.717, 1.165) is 12.0 Å². The van der Waals surface area contributed by atoms with Gasteiger partial charge in [0, 0.05) is 23.3 Å². The Balaban J connectivity index is 1.51. The molecule has 126 valence electrons. The summed E-state index contributed by atoms with van der Waals surface area (Å²) in [6, 6.07) is 18.2. The molecule has 1 heterocycles. The number of pyridine rings is 1. The second kappa shape index (κ2) is 8.31. The number of hydrogen-bond acceptors (Lipinski definition) is 3. The summed E-state index contributed by atoms with van der Waals surface area (Å²) < 4.78 is 5.66. The number of nitrogens with zero attached hydrogens (tertiary/aromatic N) is 1. The van der Waals surface area contributed by atoms with Gasteiger partial charge < -0.3 is 10.1 Å². The fourth-order valence-electron chi connectivity index (χ4n) is 2.29. The van der Waals surface area contributed by atoms with Gasteiger partial charge in [-0.2, -0.15) is 0 Å². The Hall–Kier alpha value is -2.85. The standard InChI is InChI=1S/C20H17ClN2O2/c21-17-7-3-15(4-8-17)11-13-23-20(24)16-5-9-18(10-6-16)25-19-2-1-12-22-14-19/h1-10,12,14H,11,13H2,(H,23,24). The minimum Gasteiger partial charge on any atom is -0.456 e. The maximum atomic E-state index is 12.2. The Morgan fingerprint density at radius 2 is 1.76 bits per heavy atom. The number of benzene rings is 2. The first-order valence-electron chi connectivity index (χ1n) is 7.91. The summed E-state index contributed by atoms with van der Waals surface area (Å²) in [5, 5.41) is 3.62. The van der Waals surface area contributed by atoms with Crippen LogP contribution in [0.2, 0.25) is 5.02 Å². The number of rotatable bonds is 6. The van der Waals surface area contributed by atoms with Crippen LogP contribution in [-0.2, 0) is 6.42 Å². The zero-order chi connectivity index (χ0) is 17.5. The van der Waals surface area contributed by atoms with Crippen LogP contribution in [0, 0.1) is 0 Å². The quantitative estimate of drug-likeness (QED) is 0.710. The van der Waals surface area contributed by atoms with Gasteiger partial charge in [-0.25, -0.2) is 0 Å². The maximum absolute atomic E-state index is 12.2. The van der Waals surface area contributed by atoms with Gasteiger partial charge in [0.25, 0.3) is 5.91 Å². The van der Waals surface area contributed by atoms with Crippen LogP contribution >= 0.6 is 11.6 Å². The van der Waals surface area contributed by atoms with Crippen LogP contribution in [0.4, 0.5) is 0 Å². The van der Waals surface area contributed by atoms with Gasteiger partial charge in [-0.15, -0.1) is 0 Å². The van der Waals surface area contributed by atoms with Gasteiger partial charge in [-0.05, 0) is 60.5 Å². The van der Waals surface area contributed by atoms with E-state index in [2.05, 4.69) is 10.3 Å². The Bertz CT molecular complexity index is 819. The lowest BCUT2D eigenvalue weighted by Crippen LogP contribution is -2.25. The Labute approximate surface area is 151 Å². The molecule has 1 aromatic heterocycles. The minimum absolute atomic E-state index is 0.109. The summed E-state index contributed by atoms with van der Waals surface area (Å²) in [5.41, 5.74) is 1.72. The number of carbonyl (C=O) groups is 1. The highest BCUT2D eigenvalue weighted by atomic mass is 35.5. The number of aromatic nitrogens is 1. The molecule has 2 aromatic carbocycles. The van der Waals surface area contributed by atoms with Gasteiger partial charge in [-0.3, -0.25) is 9.78 Å². The third kappa shape index (κ3) is 5.06. The summed E-state index contributed by atoms with van der Waals surface area (Å²) in [4.78, 5) is 16.2. The number of halogens is 1. The molecule has 0 aliphatic rings. The zero-order valence-electron chi connectivity index (χ0n) is 13.5. The Kier molecular flexibility index (Phi) is 5.65. The van der Waals surface area contributed by atoms with E-state index in [0.29, 0.717) is 28.6 Å². The molecule has 0 radical (unpaired) electrons.